The first-order valence-electron chi connectivity index (χ1n) is 11.6. The van der Waals surface area contributed by atoms with E-state index < -0.39 is 22.9 Å². The van der Waals surface area contributed by atoms with Crippen molar-refractivity contribution in [1.29, 1.82) is 0 Å². The van der Waals surface area contributed by atoms with Gasteiger partial charge in [-0.3, -0.25) is 14.9 Å². The lowest BCUT2D eigenvalue weighted by Crippen LogP contribution is -2.13. The molecule has 3 aromatic carbocycles. The monoisotopic (exact) mass is 581 g/mol. The molecule has 13 heteroatoms. The quantitative estimate of drug-likeness (QED) is 0.151. The Morgan fingerprint density at radius 2 is 1.80 bits per heavy atom. The first-order valence-corrected chi connectivity index (χ1v) is 12.8. The van der Waals surface area contributed by atoms with Gasteiger partial charge in [0.05, 0.1) is 23.9 Å². The Morgan fingerprint density at radius 1 is 1.07 bits per heavy atom. The second-order valence-electron chi connectivity index (χ2n) is 8.37. The van der Waals surface area contributed by atoms with E-state index in [-0.39, 0.29) is 28.3 Å². The number of nitrogens with zero attached hydrogens (tertiary/aromatic N) is 4. The molecule has 0 fully saturated rings. The van der Waals surface area contributed by atoms with Crippen molar-refractivity contribution in [1.82, 2.24) is 14.6 Å². The van der Waals surface area contributed by atoms with Crippen LogP contribution in [0.25, 0.3) is 16.9 Å². The van der Waals surface area contributed by atoms with Crippen molar-refractivity contribution in [2.24, 2.45) is 0 Å². The summed E-state index contributed by atoms with van der Waals surface area (Å²) in [4.78, 5) is 30.0. The summed E-state index contributed by atoms with van der Waals surface area (Å²) in [6.07, 6.45) is -1.77. The third-order valence-corrected chi connectivity index (χ3v) is 6.99. The number of hydrogen-bond donors (Lipinski definition) is 1. The van der Waals surface area contributed by atoms with Gasteiger partial charge in [-0.1, -0.05) is 23.4 Å². The second-order valence-corrected chi connectivity index (χ2v) is 9.96. The van der Waals surface area contributed by atoms with Crippen LogP contribution < -0.4 is 10.1 Å². The molecule has 0 unspecified atom stereocenters. The molecule has 1 amide bonds. The number of ether oxygens (including phenoxy) is 1. The van der Waals surface area contributed by atoms with Gasteiger partial charge < -0.3 is 10.1 Å². The summed E-state index contributed by atoms with van der Waals surface area (Å²) < 4.78 is 34.0. The molecule has 2 heterocycles. The second kappa shape index (κ2) is 11.3. The van der Waals surface area contributed by atoms with Crippen LogP contribution in [0.3, 0.4) is 0 Å². The molecule has 0 aliphatic carbocycles. The highest BCUT2D eigenvalue weighted by molar-refractivity contribution is 7.99. The average molecular weight is 582 g/mol. The van der Waals surface area contributed by atoms with Gasteiger partial charge in [0.1, 0.15) is 17.0 Å². The van der Waals surface area contributed by atoms with Gasteiger partial charge in [0.2, 0.25) is 0 Å². The number of carbonyl (C=O) groups excluding carboxylic acids is 1. The zero-order chi connectivity index (χ0) is 28.4. The van der Waals surface area contributed by atoms with Gasteiger partial charge in [-0.2, -0.15) is 5.10 Å². The van der Waals surface area contributed by atoms with E-state index in [2.05, 4.69) is 15.4 Å². The minimum atomic E-state index is -2.90. The summed E-state index contributed by atoms with van der Waals surface area (Å²) in [5.41, 5.74) is -0.00778. The van der Waals surface area contributed by atoms with Gasteiger partial charge in [0.25, 0.3) is 18.0 Å². The summed E-state index contributed by atoms with van der Waals surface area (Å²) >= 11 is 7.17. The molecule has 202 valence electrons. The molecule has 5 rings (SSSR count). The van der Waals surface area contributed by atoms with Crippen LogP contribution in [-0.2, 0) is 0 Å². The Bertz CT molecular complexity index is 1730. The Kier molecular flexibility index (Phi) is 7.63. The summed E-state index contributed by atoms with van der Waals surface area (Å²) in [7, 11) is 1.51. The predicted octanol–water partition coefficient (Wildman–Crippen LogP) is 7.31. The molecule has 0 saturated carbocycles. The number of non-ortho nitro benzene ring substituents is 1. The van der Waals surface area contributed by atoms with E-state index in [0.29, 0.717) is 21.2 Å². The topological polar surface area (TPSA) is 112 Å². The maximum absolute atomic E-state index is 14.0. The molecule has 0 aliphatic heterocycles. The molecule has 9 nitrogen and oxygen atoms in total. The Morgan fingerprint density at radius 3 is 2.45 bits per heavy atom. The van der Waals surface area contributed by atoms with Crippen molar-refractivity contribution in [2.75, 3.05) is 12.4 Å². The number of alkyl halides is 2. The molecule has 5 aromatic rings. The van der Waals surface area contributed by atoms with Crippen LogP contribution in [0, 0.1) is 10.1 Å². The smallest absolute Gasteiger partial charge is 0.280 e. The van der Waals surface area contributed by atoms with Crippen molar-refractivity contribution < 1.29 is 23.2 Å². The molecular weight excluding hydrogens is 564 g/mol. The number of benzene rings is 3. The van der Waals surface area contributed by atoms with Crippen LogP contribution >= 0.6 is 23.4 Å². The molecule has 0 radical (unpaired) electrons. The van der Waals surface area contributed by atoms with Crippen molar-refractivity contribution >= 4 is 46.3 Å². The Hall–Kier alpha value is -4.55. The lowest BCUT2D eigenvalue weighted by molar-refractivity contribution is -0.385. The lowest BCUT2D eigenvalue weighted by Gasteiger charge is -2.10. The van der Waals surface area contributed by atoms with E-state index in [0.717, 1.165) is 15.6 Å². The number of anilines is 1. The van der Waals surface area contributed by atoms with E-state index in [1.165, 1.54) is 37.1 Å². The van der Waals surface area contributed by atoms with Crippen LogP contribution in [0.4, 0.5) is 20.2 Å². The van der Waals surface area contributed by atoms with E-state index >= 15 is 0 Å². The van der Waals surface area contributed by atoms with E-state index in [9.17, 15) is 23.7 Å². The van der Waals surface area contributed by atoms with Crippen LogP contribution in [0.1, 0.15) is 22.5 Å². The molecule has 2 aromatic heterocycles. The van der Waals surface area contributed by atoms with Gasteiger partial charge in [-0.15, -0.1) is 0 Å². The molecule has 1 N–H and O–H groups in total. The van der Waals surface area contributed by atoms with Crippen molar-refractivity contribution in [2.45, 2.75) is 16.2 Å². The molecule has 40 heavy (non-hydrogen) atoms. The molecular formula is C27H18ClF2N5O4S. The summed E-state index contributed by atoms with van der Waals surface area (Å²) in [6, 6.07) is 18.9. The lowest BCUT2D eigenvalue weighted by atomic mass is 10.1. The largest absolute Gasteiger partial charge is 0.497 e. The average Bonchev–Trinajstić information content (AvgIpc) is 3.38. The van der Waals surface area contributed by atoms with E-state index in [1.807, 2.05) is 0 Å². The highest BCUT2D eigenvalue weighted by atomic mass is 35.5. The molecule has 0 atom stereocenters. The highest BCUT2D eigenvalue weighted by Gasteiger charge is 2.22. The predicted molar refractivity (Wildman–Crippen MR) is 147 cm³/mol. The van der Waals surface area contributed by atoms with Crippen molar-refractivity contribution in [3.63, 3.8) is 0 Å². The summed E-state index contributed by atoms with van der Waals surface area (Å²) in [5, 5.41) is 18.7. The van der Waals surface area contributed by atoms with Crippen LogP contribution in [0.5, 0.6) is 5.75 Å². The SMILES string of the molecule is COc1ccc(-c2cc(C(F)F)n3ncc(C(=O)Nc4cc(Sc5ccc(Cl)cc5)cc([N+](=O)[O-])c4)c3n2)cc1. The number of amides is 1. The van der Waals surface area contributed by atoms with Crippen LogP contribution in [0.2, 0.25) is 5.02 Å². The third-order valence-electron chi connectivity index (χ3n) is 5.76. The third kappa shape index (κ3) is 5.72. The number of aromatic nitrogens is 3. The van der Waals surface area contributed by atoms with Crippen molar-refractivity contribution in [3.8, 4) is 17.0 Å². The van der Waals surface area contributed by atoms with Gasteiger partial charge in [0, 0.05) is 38.2 Å². The first kappa shape index (κ1) is 27.0. The number of nitrogens with one attached hydrogen (secondary N) is 1. The first-order chi connectivity index (χ1) is 19.2. The number of carbonyl (C=O) groups is 1. The Balaban J connectivity index is 1.51. The molecule has 0 saturated heterocycles. The summed E-state index contributed by atoms with van der Waals surface area (Å²) in [5.74, 6) is -0.147. The fraction of sp³-hybridized carbons (Fsp3) is 0.0741. The van der Waals surface area contributed by atoms with Crippen molar-refractivity contribution in [3.05, 3.63) is 105 Å². The van der Waals surface area contributed by atoms with Gasteiger partial charge >= 0.3 is 0 Å². The minimum absolute atomic E-state index is 0.0873. The normalized spacial score (nSPS) is 11.1. The van der Waals surface area contributed by atoms with Crippen LogP contribution in [-0.4, -0.2) is 32.5 Å². The maximum Gasteiger partial charge on any atom is 0.280 e. The Labute approximate surface area is 234 Å². The van der Waals surface area contributed by atoms with Gasteiger partial charge in [-0.05, 0) is 60.7 Å². The minimum Gasteiger partial charge on any atom is -0.497 e. The van der Waals surface area contributed by atoms with Gasteiger partial charge in [-0.25, -0.2) is 18.3 Å². The molecule has 0 spiro atoms. The van der Waals surface area contributed by atoms with Gasteiger partial charge in [0.15, 0.2) is 5.65 Å². The standard InChI is InChI=1S/C27H18ClF2N5O4S/c1-39-19-6-2-15(3-7-19)23-13-24(25(29)30)34-26(33-23)22(14-31-34)27(36)32-17-10-18(35(37)38)12-21(11-17)40-20-8-4-16(28)5-9-20/h2-14,25H,1H3,(H,32,36). The summed E-state index contributed by atoms with van der Waals surface area (Å²) in [6.45, 7) is 0. The number of nitro groups is 1. The number of methoxy groups -OCH3 is 1. The number of rotatable bonds is 8. The number of nitro benzene ring substituents is 1. The van der Waals surface area contributed by atoms with Crippen LogP contribution in [0.15, 0.2) is 88.8 Å². The van der Waals surface area contributed by atoms with E-state index in [1.54, 1.807) is 54.6 Å². The molecule has 0 bridgehead atoms. The zero-order valence-corrected chi connectivity index (χ0v) is 22.1. The maximum atomic E-state index is 14.0. The fourth-order valence-corrected chi connectivity index (χ4v) is 4.90. The number of fused-ring (bicyclic) bond motifs is 1. The fourth-order valence-electron chi connectivity index (χ4n) is 3.87. The number of halogens is 3. The number of hydrogen-bond acceptors (Lipinski definition) is 7. The van der Waals surface area contributed by atoms with E-state index in [4.69, 9.17) is 16.3 Å². The molecule has 0 aliphatic rings. The highest BCUT2D eigenvalue weighted by Crippen LogP contribution is 2.34. The zero-order valence-electron chi connectivity index (χ0n) is 20.5.